The number of hydrogen-bond donors (Lipinski definition) is 1. The summed E-state index contributed by atoms with van der Waals surface area (Å²) >= 11 is 0. The first-order valence-corrected chi connectivity index (χ1v) is 9.71. The van der Waals surface area contributed by atoms with Gasteiger partial charge in [-0.25, -0.2) is 0 Å². The lowest BCUT2D eigenvalue weighted by Gasteiger charge is -2.11. The summed E-state index contributed by atoms with van der Waals surface area (Å²) in [7, 11) is 0. The van der Waals surface area contributed by atoms with E-state index in [-0.39, 0.29) is 11.5 Å². The molecular weight excluding hydrogens is 378 g/mol. The Balaban J connectivity index is 1.61. The van der Waals surface area contributed by atoms with E-state index in [2.05, 4.69) is 10.3 Å². The number of hydrogen-bond acceptors (Lipinski definition) is 4. The van der Waals surface area contributed by atoms with Gasteiger partial charge in [0.05, 0.1) is 13.2 Å². The van der Waals surface area contributed by atoms with Crippen LogP contribution in [0, 0.1) is 0 Å². The predicted molar refractivity (Wildman–Crippen MR) is 117 cm³/mol. The van der Waals surface area contributed by atoms with Crippen LogP contribution in [0.15, 0.2) is 84.0 Å². The van der Waals surface area contributed by atoms with Gasteiger partial charge in [0.25, 0.3) is 11.5 Å². The molecule has 2 aromatic carbocycles. The average Bonchev–Trinajstić information content (AvgIpc) is 2.77. The summed E-state index contributed by atoms with van der Waals surface area (Å²) in [6.45, 7) is 2.91. The van der Waals surface area contributed by atoms with Gasteiger partial charge < -0.3 is 14.6 Å². The molecule has 0 radical (unpaired) electrons. The van der Waals surface area contributed by atoms with Gasteiger partial charge >= 0.3 is 0 Å². The van der Waals surface area contributed by atoms with Gasteiger partial charge in [-0.2, -0.15) is 0 Å². The van der Waals surface area contributed by atoms with Crippen molar-refractivity contribution < 1.29 is 9.53 Å². The van der Waals surface area contributed by atoms with E-state index < -0.39 is 0 Å². The predicted octanol–water partition coefficient (Wildman–Crippen LogP) is 4.10. The molecule has 1 amide bonds. The highest BCUT2D eigenvalue weighted by Gasteiger charge is 2.11. The first-order valence-electron chi connectivity index (χ1n) is 9.71. The Morgan fingerprint density at radius 2 is 1.87 bits per heavy atom. The van der Waals surface area contributed by atoms with Crippen LogP contribution in [0.2, 0.25) is 0 Å². The van der Waals surface area contributed by atoms with Crippen LogP contribution in [0.25, 0.3) is 10.8 Å². The second kappa shape index (κ2) is 8.61. The van der Waals surface area contributed by atoms with Gasteiger partial charge in [-0.1, -0.05) is 12.1 Å². The maximum atomic E-state index is 13.0. The van der Waals surface area contributed by atoms with Gasteiger partial charge in [-0.3, -0.25) is 14.6 Å². The minimum Gasteiger partial charge on any atom is -0.494 e. The van der Waals surface area contributed by atoms with E-state index in [9.17, 15) is 9.59 Å². The van der Waals surface area contributed by atoms with Gasteiger partial charge in [0, 0.05) is 40.6 Å². The van der Waals surface area contributed by atoms with Gasteiger partial charge in [-0.05, 0) is 61.0 Å². The number of fused-ring (bicyclic) bond motifs is 1. The standard InChI is InChI=1S/C24H21N3O3/c1-2-30-19-10-8-18(9-11-19)23(28)26-22-7-3-6-21-20(22)12-14-27(24(21)29)16-17-5-4-13-25-15-17/h3-15H,2,16H2,1H3,(H,26,28). The summed E-state index contributed by atoms with van der Waals surface area (Å²) in [6.07, 6.45) is 5.18. The Bertz CT molecular complexity index is 1230. The monoisotopic (exact) mass is 399 g/mol. The smallest absolute Gasteiger partial charge is 0.258 e. The maximum absolute atomic E-state index is 13.0. The number of pyridine rings is 2. The molecule has 4 rings (SSSR count). The van der Waals surface area contributed by atoms with Crippen LogP contribution >= 0.6 is 0 Å². The third-order valence-corrected chi connectivity index (χ3v) is 4.77. The number of nitrogens with zero attached hydrogens (tertiary/aromatic N) is 2. The highest BCUT2D eigenvalue weighted by Crippen LogP contribution is 2.22. The first-order chi connectivity index (χ1) is 14.7. The molecule has 1 N–H and O–H groups in total. The van der Waals surface area contributed by atoms with Gasteiger partial charge in [0.15, 0.2) is 0 Å². The summed E-state index contributed by atoms with van der Waals surface area (Å²) < 4.78 is 7.05. The molecule has 6 nitrogen and oxygen atoms in total. The summed E-state index contributed by atoms with van der Waals surface area (Å²) in [5.74, 6) is 0.471. The van der Waals surface area contributed by atoms with Crippen molar-refractivity contribution in [2.45, 2.75) is 13.5 Å². The van der Waals surface area contributed by atoms with Crippen LogP contribution < -0.4 is 15.6 Å². The fourth-order valence-electron chi connectivity index (χ4n) is 3.30. The zero-order chi connectivity index (χ0) is 20.9. The van der Waals surface area contributed by atoms with Crippen molar-refractivity contribution in [2.75, 3.05) is 11.9 Å². The fourth-order valence-corrected chi connectivity index (χ4v) is 3.30. The lowest BCUT2D eigenvalue weighted by Crippen LogP contribution is -2.20. The van der Waals surface area contributed by atoms with Crippen LogP contribution in [0.1, 0.15) is 22.8 Å². The molecule has 0 aliphatic heterocycles. The highest BCUT2D eigenvalue weighted by atomic mass is 16.5. The first kappa shape index (κ1) is 19.4. The van der Waals surface area contributed by atoms with Crippen LogP contribution in [0.5, 0.6) is 5.75 Å². The molecule has 0 atom stereocenters. The van der Waals surface area contributed by atoms with Gasteiger partial charge in [-0.15, -0.1) is 0 Å². The maximum Gasteiger partial charge on any atom is 0.258 e. The summed E-state index contributed by atoms with van der Waals surface area (Å²) in [4.78, 5) is 29.7. The summed E-state index contributed by atoms with van der Waals surface area (Å²) in [6, 6.07) is 17.9. The fraction of sp³-hybridized carbons (Fsp3) is 0.125. The van der Waals surface area contributed by atoms with Crippen molar-refractivity contribution in [3.05, 3.63) is 101 Å². The third-order valence-electron chi connectivity index (χ3n) is 4.77. The van der Waals surface area contributed by atoms with Crippen molar-refractivity contribution in [3.63, 3.8) is 0 Å². The number of amides is 1. The van der Waals surface area contributed by atoms with Gasteiger partial charge in [0.2, 0.25) is 0 Å². The Morgan fingerprint density at radius 3 is 2.60 bits per heavy atom. The van der Waals surface area contributed by atoms with Crippen LogP contribution in [0.3, 0.4) is 0 Å². The molecule has 0 aliphatic carbocycles. The van der Waals surface area contributed by atoms with Crippen molar-refractivity contribution in [2.24, 2.45) is 0 Å². The highest BCUT2D eigenvalue weighted by molar-refractivity contribution is 6.09. The molecule has 0 aliphatic rings. The molecule has 0 saturated carbocycles. The zero-order valence-corrected chi connectivity index (χ0v) is 16.5. The molecule has 0 bridgehead atoms. The van der Waals surface area contributed by atoms with E-state index in [1.165, 1.54) is 0 Å². The Morgan fingerprint density at radius 1 is 1.03 bits per heavy atom. The molecule has 0 fully saturated rings. The van der Waals surface area contributed by atoms with E-state index in [4.69, 9.17) is 4.74 Å². The van der Waals surface area contributed by atoms with Crippen molar-refractivity contribution in [1.29, 1.82) is 0 Å². The normalized spacial score (nSPS) is 10.7. The molecule has 0 unspecified atom stereocenters. The number of carbonyl (C=O) groups is 1. The van der Waals surface area contributed by atoms with E-state index in [1.54, 1.807) is 65.6 Å². The molecule has 2 heterocycles. The topological polar surface area (TPSA) is 73.2 Å². The Labute approximate surface area is 173 Å². The van der Waals surface area contributed by atoms with Crippen LogP contribution in [0.4, 0.5) is 5.69 Å². The van der Waals surface area contributed by atoms with Crippen molar-refractivity contribution >= 4 is 22.4 Å². The van der Waals surface area contributed by atoms with Crippen LogP contribution in [-0.2, 0) is 6.54 Å². The lowest BCUT2D eigenvalue weighted by molar-refractivity contribution is 0.102. The number of carbonyl (C=O) groups excluding carboxylic acids is 1. The lowest BCUT2D eigenvalue weighted by atomic mass is 10.1. The second-order valence-electron chi connectivity index (χ2n) is 6.79. The number of ether oxygens (including phenoxy) is 1. The molecule has 6 heteroatoms. The zero-order valence-electron chi connectivity index (χ0n) is 16.5. The average molecular weight is 399 g/mol. The van der Waals surface area contributed by atoms with Gasteiger partial charge in [0.1, 0.15) is 5.75 Å². The van der Waals surface area contributed by atoms with E-state index in [1.807, 2.05) is 25.1 Å². The van der Waals surface area contributed by atoms with E-state index in [0.717, 1.165) is 5.56 Å². The minimum absolute atomic E-state index is 0.117. The Kier molecular flexibility index (Phi) is 5.57. The summed E-state index contributed by atoms with van der Waals surface area (Å²) in [5.41, 5.74) is 1.94. The van der Waals surface area contributed by atoms with Crippen LogP contribution in [-0.4, -0.2) is 22.1 Å². The van der Waals surface area contributed by atoms with E-state index >= 15 is 0 Å². The molecule has 0 saturated heterocycles. The number of rotatable bonds is 6. The number of anilines is 1. The third kappa shape index (κ3) is 4.07. The molecule has 0 spiro atoms. The number of benzene rings is 2. The minimum atomic E-state index is -0.245. The molecule has 4 aromatic rings. The number of aromatic nitrogens is 2. The molecular formula is C24H21N3O3. The molecule has 150 valence electrons. The Hall–Kier alpha value is -3.93. The molecule has 2 aromatic heterocycles. The molecule has 30 heavy (non-hydrogen) atoms. The van der Waals surface area contributed by atoms with Crippen molar-refractivity contribution in [1.82, 2.24) is 9.55 Å². The second-order valence-corrected chi connectivity index (χ2v) is 6.79. The largest absolute Gasteiger partial charge is 0.494 e. The quantitative estimate of drug-likeness (QED) is 0.530. The van der Waals surface area contributed by atoms with E-state index in [0.29, 0.717) is 40.9 Å². The van der Waals surface area contributed by atoms with Crippen molar-refractivity contribution in [3.8, 4) is 5.75 Å². The number of nitrogens with one attached hydrogen (secondary N) is 1. The SMILES string of the molecule is CCOc1ccc(C(=O)Nc2cccc3c(=O)n(Cc4cccnc4)ccc23)cc1. The summed E-state index contributed by atoms with van der Waals surface area (Å²) in [5, 5.41) is 4.16.